The lowest BCUT2D eigenvalue weighted by Gasteiger charge is -2.32. The van der Waals surface area contributed by atoms with E-state index in [1.165, 1.54) is 18.1 Å². The predicted octanol–water partition coefficient (Wildman–Crippen LogP) is 4.30. The van der Waals surface area contributed by atoms with Gasteiger partial charge in [0, 0.05) is 29.6 Å². The molecular weight excluding hydrogens is 420 g/mol. The van der Waals surface area contributed by atoms with E-state index in [-0.39, 0.29) is 28.6 Å². The second kappa shape index (κ2) is 8.69. The van der Waals surface area contributed by atoms with Gasteiger partial charge in [0.1, 0.15) is 10.6 Å². The molecule has 8 heteroatoms. The number of carbonyl (C=O) groups excluding carboxylic acids is 1. The number of piperidine rings is 1. The Hall–Kier alpha value is -1.90. The van der Waals surface area contributed by atoms with Gasteiger partial charge in [-0.1, -0.05) is 12.5 Å². The van der Waals surface area contributed by atoms with Gasteiger partial charge in [0.15, 0.2) is 0 Å². The Morgan fingerprint density at radius 3 is 2.67 bits per heavy atom. The summed E-state index contributed by atoms with van der Waals surface area (Å²) >= 11 is 1.65. The molecule has 0 N–H and O–H groups in total. The van der Waals surface area contributed by atoms with E-state index in [0.717, 1.165) is 32.1 Å². The van der Waals surface area contributed by atoms with Crippen molar-refractivity contribution in [2.45, 2.75) is 56.0 Å². The summed E-state index contributed by atoms with van der Waals surface area (Å²) < 4.78 is 33.8. The molecule has 2 atom stereocenters. The van der Waals surface area contributed by atoms with Gasteiger partial charge in [-0.05, 0) is 62.3 Å². The molecule has 2 saturated heterocycles. The van der Waals surface area contributed by atoms with Crippen LogP contribution in [-0.2, 0) is 10.0 Å². The molecule has 0 spiro atoms. The van der Waals surface area contributed by atoms with Crippen molar-refractivity contribution in [2.24, 2.45) is 0 Å². The summed E-state index contributed by atoms with van der Waals surface area (Å²) in [4.78, 5) is 16.5. The third-order valence-electron chi connectivity index (χ3n) is 6.12. The van der Waals surface area contributed by atoms with E-state index in [4.69, 9.17) is 4.74 Å². The largest absolute Gasteiger partial charge is 0.495 e. The van der Waals surface area contributed by atoms with Gasteiger partial charge in [0.2, 0.25) is 10.0 Å². The van der Waals surface area contributed by atoms with Crippen LogP contribution in [-0.4, -0.2) is 49.8 Å². The standard InChI is InChI=1S/C22H28N2O4S2/c1-16-7-3-4-13-24(16)30(26,27)21-15-17(10-11-19(21)28-2)22(25)23-12-5-8-18(23)20-9-6-14-29-20/h6,9-11,14-16,18H,3-5,7-8,12-13H2,1-2H3. The number of carbonyl (C=O) groups is 1. The van der Waals surface area contributed by atoms with Crippen LogP contribution in [0.5, 0.6) is 5.75 Å². The van der Waals surface area contributed by atoms with Crippen molar-refractivity contribution in [3.63, 3.8) is 0 Å². The fraction of sp³-hybridized carbons (Fsp3) is 0.500. The zero-order chi connectivity index (χ0) is 21.3. The number of methoxy groups -OCH3 is 1. The number of rotatable bonds is 5. The first-order chi connectivity index (χ1) is 14.4. The lowest BCUT2D eigenvalue weighted by Crippen LogP contribution is -2.42. The highest BCUT2D eigenvalue weighted by Crippen LogP contribution is 2.37. The van der Waals surface area contributed by atoms with Crippen molar-refractivity contribution in [3.8, 4) is 5.75 Å². The normalized spacial score (nSPS) is 22.9. The summed E-state index contributed by atoms with van der Waals surface area (Å²) in [6.45, 7) is 3.12. The SMILES string of the molecule is COc1ccc(C(=O)N2CCCC2c2cccs2)cc1S(=O)(=O)N1CCCCC1C. The lowest BCUT2D eigenvalue weighted by molar-refractivity contribution is 0.0737. The van der Waals surface area contributed by atoms with Crippen molar-refractivity contribution < 1.29 is 17.9 Å². The van der Waals surface area contributed by atoms with Crippen LogP contribution in [0.25, 0.3) is 0 Å². The molecular formula is C22H28N2O4S2. The highest BCUT2D eigenvalue weighted by molar-refractivity contribution is 7.89. The minimum atomic E-state index is -3.75. The van der Waals surface area contributed by atoms with Gasteiger partial charge < -0.3 is 9.64 Å². The van der Waals surface area contributed by atoms with Crippen LogP contribution < -0.4 is 4.74 Å². The molecule has 30 heavy (non-hydrogen) atoms. The van der Waals surface area contributed by atoms with E-state index in [1.54, 1.807) is 27.8 Å². The number of sulfonamides is 1. The summed E-state index contributed by atoms with van der Waals surface area (Å²) in [6, 6.07) is 8.83. The Kier molecular flexibility index (Phi) is 6.18. The molecule has 3 heterocycles. The summed E-state index contributed by atoms with van der Waals surface area (Å²) in [5.74, 6) is 0.150. The van der Waals surface area contributed by atoms with E-state index >= 15 is 0 Å². The number of benzene rings is 1. The maximum atomic E-state index is 13.4. The molecule has 2 unspecified atom stereocenters. The van der Waals surface area contributed by atoms with E-state index < -0.39 is 10.0 Å². The van der Waals surface area contributed by atoms with Crippen molar-refractivity contribution in [3.05, 3.63) is 46.2 Å². The molecule has 162 valence electrons. The maximum Gasteiger partial charge on any atom is 0.254 e. The number of hydrogen-bond donors (Lipinski definition) is 0. The zero-order valence-corrected chi connectivity index (χ0v) is 19.0. The van der Waals surface area contributed by atoms with Crippen LogP contribution in [0.15, 0.2) is 40.6 Å². The van der Waals surface area contributed by atoms with Crippen molar-refractivity contribution in [1.82, 2.24) is 9.21 Å². The molecule has 1 aromatic carbocycles. The molecule has 6 nitrogen and oxygen atoms in total. The Labute approximate surface area is 182 Å². The molecule has 0 aliphatic carbocycles. The first-order valence-corrected chi connectivity index (χ1v) is 12.8. The second-order valence-electron chi connectivity index (χ2n) is 8.00. The molecule has 2 aliphatic rings. The van der Waals surface area contributed by atoms with Crippen LogP contribution in [0, 0.1) is 0 Å². The van der Waals surface area contributed by atoms with Gasteiger partial charge in [-0.25, -0.2) is 8.42 Å². The van der Waals surface area contributed by atoms with E-state index in [1.807, 2.05) is 23.3 Å². The summed E-state index contributed by atoms with van der Waals surface area (Å²) in [5, 5.41) is 2.02. The van der Waals surface area contributed by atoms with Gasteiger partial charge in [-0.2, -0.15) is 4.31 Å². The first-order valence-electron chi connectivity index (χ1n) is 10.5. The van der Waals surface area contributed by atoms with Gasteiger partial charge in [0.25, 0.3) is 5.91 Å². The van der Waals surface area contributed by atoms with E-state index in [9.17, 15) is 13.2 Å². The molecule has 2 aromatic rings. The molecule has 0 bridgehead atoms. The fourth-order valence-corrected chi connectivity index (χ4v) is 7.28. The Bertz CT molecular complexity index is 1000. The average molecular weight is 449 g/mol. The average Bonchev–Trinajstić information content (AvgIpc) is 3.44. The van der Waals surface area contributed by atoms with Crippen LogP contribution in [0.4, 0.5) is 0 Å². The number of hydrogen-bond acceptors (Lipinski definition) is 5. The molecule has 2 aliphatic heterocycles. The quantitative estimate of drug-likeness (QED) is 0.684. The smallest absolute Gasteiger partial charge is 0.254 e. The van der Waals surface area contributed by atoms with Crippen LogP contribution in [0.2, 0.25) is 0 Å². The number of nitrogens with zero attached hydrogens (tertiary/aromatic N) is 2. The van der Waals surface area contributed by atoms with E-state index in [0.29, 0.717) is 18.7 Å². The number of thiophene rings is 1. The Morgan fingerprint density at radius 1 is 1.13 bits per heavy atom. The molecule has 0 saturated carbocycles. The summed E-state index contributed by atoms with van der Waals surface area (Å²) in [5.41, 5.74) is 0.391. The molecule has 2 fully saturated rings. The molecule has 4 rings (SSSR count). The first kappa shape index (κ1) is 21.3. The predicted molar refractivity (Wildman–Crippen MR) is 118 cm³/mol. The minimum absolute atomic E-state index is 0.0572. The lowest BCUT2D eigenvalue weighted by atomic mass is 10.1. The van der Waals surface area contributed by atoms with Crippen LogP contribution in [0.3, 0.4) is 0 Å². The maximum absolute atomic E-state index is 13.4. The summed E-state index contributed by atoms with van der Waals surface area (Å²) in [6.07, 6.45) is 4.60. The third-order valence-corrected chi connectivity index (χ3v) is 9.13. The van der Waals surface area contributed by atoms with Gasteiger partial charge >= 0.3 is 0 Å². The topological polar surface area (TPSA) is 66.9 Å². The highest BCUT2D eigenvalue weighted by Gasteiger charge is 2.35. The second-order valence-corrected chi connectivity index (χ2v) is 10.8. The van der Waals surface area contributed by atoms with Crippen LogP contribution >= 0.6 is 11.3 Å². The van der Waals surface area contributed by atoms with Gasteiger partial charge in [-0.3, -0.25) is 4.79 Å². The van der Waals surface area contributed by atoms with E-state index in [2.05, 4.69) is 6.07 Å². The monoisotopic (exact) mass is 448 g/mol. The molecule has 1 amide bonds. The fourth-order valence-electron chi connectivity index (χ4n) is 4.52. The molecule has 1 aromatic heterocycles. The minimum Gasteiger partial charge on any atom is -0.495 e. The number of likely N-dealkylation sites (tertiary alicyclic amines) is 1. The third kappa shape index (κ3) is 3.88. The van der Waals surface area contributed by atoms with Gasteiger partial charge in [0.05, 0.1) is 13.2 Å². The highest BCUT2D eigenvalue weighted by atomic mass is 32.2. The van der Waals surface area contributed by atoms with Crippen molar-refractivity contribution in [1.29, 1.82) is 0 Å². The van der Waals surface area contributed by atoms with Crippen molar-refractivity contribution in [2.75, 3.05) is 20.2 Å². The molecule has 0 radical (unpaired) electrons. The summed E-state index contributed by atoms with van der Waals surface area (Å²) in [7, 11) is -2.29. The Balaban J connectivity index is 1.68. The Morgan fingerprint density at radius 2 is 1.97 bits per heavy atom. The van der Waals surface area contributed by atoms with Crippen molar-refractivity contribution >= 4 is 27.3 Å². The zero-order valence-electron chi connectivity index (χ0n) is 17.4. The van der Waals surface area contributed by atoms with Crippen LogP contribution in [0.1, 0.15) is 60.3 Å². The number of amides is 1. The number of ether oxygens (including phenoxy) is 1. The van der Waals surface area contributed by atoms with Gasteiger partial charge in [-0.15, -0.1) is 11.3 Å².